The highest BCUT2D eigenvalue weighted by Gasteiger charge is 2.17. The number of anilines is 2. The Balaban J connectivity index is 1.55. The summed E-state index contributed by atoms with van der Waals surface area (Å²) >= 11 is 8.45. The Hall–Kier alpha value is -2.50. The van der Waals surface area contributed by atoms with Crippen LogP contribution in [0.4, 0.5) is 19.6 Å². The van der Waals surface area contributed by atoms with Crippen LogP contribution in [0.5, 0.6) is 5.75 Å². The van der Waals surface area contributed by atoms with Crippen LogP contribution in [0.2, 0.25) is 5.02 Å². The molecule has 2 heterocycles. The molecular weight excluding hydrogens is 448 g/mol. The van der Waals surface area contributed by atoms with Crippen LogP contribution in [0.15, 0.2) is 24.3 Å². The zero-order valence-electron chi connectivity index (χ0n) is 15.1. The van der Waals surface area contributed by atoms with E-state index in [1.54, 1.807) is 6.07 Å². The number of hydrogen-bond donors (Lipinski definition) is 1. The van der Waals surface area contributed by atoms with Crippen molar-refractivity contribution in [3.8, 4) is 5.75 Å². The largest absolute Gasteiger partial charge is 0.451 e. The first-order valence-corrected chi connectivity index (χ1v) is 10.0. The number of thiazole rings is 1. The number of carbonyl (C=O) groups is 2. The molecular formula is C17H14ClF2N3O4S2. The van der Waals surface area contributed by atoms with Gasteiger partial charge in [0.05, 0.1) is 9.72 Å². The van der Waals surface area contributed by atoms with Gasteiger partial charge in [-0.2, -0.15) is 8.78 Å². The maximum atomic E-state index is 12.2. The second kappa shape index (κ2) is 8.89. The lowest BCUT2D eigenvalue weighted by atomic mass is 10.3. The molecule has 154 valence electrons. The molecule has 29 heavy (non-hydrogen) atoms. The Bertz CT molecular complexity index is 1020. The molecule has 2 aromatic heterocycles. The van der Waals surface area contributed by atoms with Crippen LogP contribution in [0.25, 0.3) is 9.53 Å². The van der Waals surface area contributed by atoms with E-state index in [0.717, 1.165) is 14.7 Å². The van der Waals surface area contributed by atoms with Gasteiger partial charge in [0.25, 0.3) is 5.91 Å². The van der Waals surface area contributed by atoms with Crippen molar-refractivity contribution in [2.75, 3.05) is 30.9 Å². The molecule has 0 aliphatic rings. The maximum absolute atomic E-state index is 12.2. The number of carbonyl (C=O) groups excluding carboxylic acids is 2. The third-order valence-electron chi connectivity index (χ3n) is 3.43. The van der Waals surface area contributed by atoms with E-state index in [2.05, 4.69) is 15.0 Å². The van der Waals surface area contributed by atoms with Crippen molar-refractivity contribution in [3.63, 3.8) is 0 Å². The fourth-order valence-corrected chi connectivity index (χ4v) is 4.44. The smallest absolute Gasteiger partial charge is 0.387 e. The first-order chi connectivity index (χ1) is 13.7. The van der Waals surface area contributed by atoms with E-state index in [9.17, 15) is 18.4 Å². The summed E-state index contributed by atoms with van der Waals surface area (Å²) < 4.78 is 34.5. The number of benzene rings is 1. The van der Waals surface area contributed by atoms with Gasteiger partial charge in [-0.15, -0.1) is 11.3 Å². The second-order valence-electron chi connectivity index (χ2n) is 5.82. The van der Waals surface area contributed by atoms with Crippen molar-refractivity contribution in [1.29, 1.82) is 0 Å². The number of hydrogen-bond acceptors (Lipinski definition) is 8. The molecule has 0 aliphatic carbocycles. The van der Waals surface area contributed by atoms with Crippen molar-refractivity contribution in [3.05, 3.63) is 34.2 Å². The number of rotatable bonds is 7. The summed E-state index contributed by atoms with van der Waals surface area (Å²) in [6, 6.07) is 5.46. The van der Waals surface area contributed by atoms with E-state index in [1.165, 1.54) is 40.9 Å². The van der Waals surface area contributed by atoms with Gasteiger partial charge in [0.2, 0.25) is 0 Å². The Morgan fingerprint density at radius 3 is 2.66 bits per heavy atom. The fraction of sp³-hybridized carbons (Fsp3) is 0.235. The predicted octanol–water partition coefficient (Wildman–Crippen LogP) is 4.47. The second-order valence-corrected chi connectivity index (χ2v) is 8.27. The molecule has 0 spiro atoms. The molecule has 3 aromatic rings. The number of ether oxygens (including phenoxy) is 2. The van der Waals surface area contributed by atoms with E-state index >= 15 is 0 Å². The lowest BCUT2D eigenvalue weighted by molar-refractivity contribution is -0.119. The average molecular weight is 462 g/mol. The highest BCUT2D eigenvalue weighted by Crippen LogP contribution is 2.34. The molecule has 0 atom stereocenters. The van der Waals surface area contributed by atoms with E-state index in [4.69, 9.17) is 16.3 Å². The van der Waals surface area contributed by atoms with Crippen molar-refractivity contribution >= 4 is 66.5 Å². The minimum absolute atomic E-state index is 0.0941. The number of aromatic nitrogens is 1. The minimum Gasteiger partial charge on any atom is -0.451 e. The number of nitrogens with one attached hydrogen (secondary N) is 1. The number of esters is 1. The van der Waals surface area contributed by atoms with Crippen molar-refractivity contribution < 1.29 is 27.8 Å². The van der Waals surface area contributed by atoms with Gasteiger partial charge >= 0.3 is 12.6 Å². The molecule has 0 bridgehead atoms. The number of thiophene rings is 1. The summed E-state index contributed by atoms with van der Waals surface area (Å²) in [5, 5.41) is 3.19. The summed E-state index contributed by atoms with van der Waals surface area (Å²) in [6.45, 7) is -3.53. The zero-order valence-corrected chi connectivity index (χ0v) is 17.5. The summed E-state index contributed by atoms with van der Waals surface area (Å²) in [5.74, 6) is -1.46. The number of amides is 1. The molecule has 0 fully saturated rings. The van der Waals surface area contributed by atoms with Gasteiger partial charge in [0, 0.05) is 19.8 Å². The van der Waals surface area contributed by atoms with Crippen LogP contribution >= 0.6 is 34.3 Å². The molecule has 0 radical (unpaired) electrons. The van der Waals surface area contributed by atoms with Crippen LogP contribution in [-0.4, -0.2) is 44.2 Å². The SMILES string of the molecule is CN(C)c1nc2sc(C(=O)OCC(=O)Nc3ccc(OC(F)F)c(Cl)c3)cc2s1. The molecule has 1 aromatic carbocycles. The fourth-order valence-electron chi connectivity index (χ4n) is 2.19. The van der Waals surface area contributed by atoms with Gasteiger partial charge in [-0.3, -0.25) is 4.79 Å². The monoisotopic (exact) mass is 461 g/mol. The molecule has 1 N–H and O–H groups in total. The predicted molar refractivity (Wildman–Crippen MR) is 109 cm³/mol. The van der Waals surface area contributed by atoms with Crippen LogP contribution in [-0.2, 0) is 9.53 Å². The quantitative estimate of drug-likeness (QED) is 0.523. The molecule has 3 rings (SSSR count). The summed E-state index contributed by atoms with van der Waals surface area (Å²) in [4.78, 5) is 31.5. The normalized spacial score (nSPS) is 11.0. The van der Waals surface area contributed by atoms with Gasteiger partial charge in [-0.25, -0.2) is 9.78 Å². The third kappa shape index (κ3) is 5.31. The number of fused-ring (bicyclic) bond motifs is 1. The van der Waals surface area contributed by atoms with Gasteiger partial charge in [-0.05, 0) is 24.3 Å². The molecule has 7 nitrogen and oxygen atoms in total. The lowest BCUT2D eigenvalue weighted by Gasteiger charge is -2.09. The van der Waals surface area contributed by atoms with Gasteiger partial charge in [-0.1, -0.05) is 22.9 Å². The van der Waals surface area contributed by atoms with E-state index < -0.39 is 25.1 Å². The van der Waals surface area contributed by atoms with E-state index in [-0.39, 0.29) is 16.5 Å². The highest BCUT2D eigenvalue weighted by atomic mass is 35.5. The highest BCUT2D eigenvalue weighted by molar-refractivity contribution is 7.29. The summed E-state index contributed by atoms with van der Waals surface area (Å²) in [7, 11) is 3.76. The standard InChI is InChI=1S/C17H14ClF2N3O4S2/c1-23(2)17-22-14-11(29-17)6-12(28-14)15(25)26-7-13(24)21-8-3-4-10(9(18)5-8)27-16(19)20/h3-6,16H,7H2,1-2H3,(H,21,24). The molecule has 0 saturated heterocycles. The van der Waals surface area contributed by atoms with Crippen molar-refractivity contribution in [2.45, 2.75) is 6.61 Å². The third-order valence-corrected chi connectivity index (χ3v) is 6.03. The van der Waals surface area contributed by atoms with Gasteiger partial charge < -0.3 is 19.7 Å². The Labute approximate surface area is 176 Å². The number of halogens is 3. The lowest BCUT2D eigenvalue weighted by Crippen LogP contribution is -2.20. The topological polar surface area (TPSA) is 80.8 Å². The van der Waals surface area contributed by atoms with Crippen LogP contribution < -0.4 is 15.0 Å². The zero-order chi connectivity index (χ0) is 21.1. The minimum atomic E-state index is -3.01. The summed E-state index contributed by atoms with van der Waals surface area (Å²) in [6.07, 6.45) is 0. The first-order valence-electron chi connectivity index (χ1n) is 8.02. The van der Waals surface area contributed by atoms with Crippen molar-refractivity contribution in [2.24, 2.45) is 0 Å². The summed E-state index contributed by atoms with van der Waals surface area (Å²) in [5.41, 5.74) is 0.245. The molecule has 1 amide bonds. The molecule has 0 unspecified atom stereocenters. The Kier molecular flexibility index (Phi) is 6.50. The maximum Gasteiger partial charge on any atom is 0.387 e. The van der Waals surface area contributed by atoms with Crippen LogP contribution in [0.3, 0.4) is 0 Å². The number of alkyl halides is 2. The van der Waals surface area contributed by atoms with Crippen LogP contribution in [0.1, 0.15) is 9.67 Å². The van der Waals surface area contributed by atoms with Gasteiger partial charge in [0.1, 0.15) is 15.5 Å². The van der Waals surface area contributed by atoms with E-state index in [0.29, 0.717) is 4.88 Å². The van der Waals surface area contributed by atoms with Crippen LogP contribution in [0, 0.1) is 0 Å². The first kappa shape index (κ1) is 21.2. The van der Waals surface area contributed by atoms with Gasteiger partial charge in [0.15, 0.2) is 11.7 Å². The average Bonchev–Trinajstić information content (AvgIpc) is 3.21. The molecule has 12 heteroatoms. The molecule has 0 saturated carbocycles. The van der Waals surface area contributed by atoms with Crippen molar-refractivity contribution in [1.82, 2.24) is 4.98 Å². The number of nitrogens with zero attached hydrogens (tertiary/aromatic N) is 2. The Morgan fingerprint density at radius 2 is 2.03 bits per heavy atom. The Morgan fingerprint density at radius 1 is 1.28 bits per heavy atom. The van der Waals surface area contributed by atoms with E-state index in [1.807, 2.05) is 19.0 Å². The molecule has 0 aliphatic heterocycles.